The minimum absolute atomic E-state index is 0.0812. The number of aryl methyl sites for hydroxylation is 2. The molecule has 3 N–H and O–H groups in total. The molecule has 1 aliphatic heterocycles. The molecular formula is C30H27NO8. The second-order valence-electron chi connectivity index (χ2n) is 10.2. The van der Waals surface area contributed by atoms with Crippen LogP contribution in [0.25, 0.3) is 0 Å². The summed E-state index contributed by atoms with van der Waals surface area (Å²) < 4.78 is 0. The predicted molar refractivity (Wildman–Crippen MR) is 140 cm³/mol. The van der Waals surface area contributed by atoms with Crippen molar-refractivity contribution in [3.63, 3.8) is 0 Å². The molecular weight excluding hydrogens is 502 g/mol. The lowest BCUT2D eigenvalue weighted by Gasteiger charge is -2.40. The van der Waals surface area contributed by atoms with Gasteiger partial charge in [0, 0.05) is 5.41 Å². The fourth-order valence-corrected chi connectivity index (χ4v) is 5.50. The minimum Gasteiger partial charge on any atom is -0.480 e. The zero-order valence-electron chi connectivity index (χ0n) is 21.6. The van der Waals surface area contributed by atoms with Gasteiger partial charge in [-0.15, -0.1) is 0 Å². The lowest BCUT2D eigenvalue weighted by Crippen LogP contribution is -2.55. The maximum absolute atomic E-state index is 13.4. The van der Waals surface area contributed by atoms with Gasteiger partial charge < -0.3 is 15.3 Å². The number of carboxylic acid groups (broad SMARTS) is 3. The Morgan fingerprint density at radius 3 is 1.49 bits per heavy atom. The van der Waals surface area contributed by atoms with Gasteiger partial charge in [-0.25, -0.2) is 14.4 Å². The minimum atomic E-state index is -1.58. The quantitative estimate of drug-likeness (QED) is 0.349. The molecule has 2 amide bonds. The van der Waals surface area contributed by atoms with Crippen LogP contribution >= 0.6 is 0 Å². The number of hydrogen-bond donors (Lipinski definition) is 3. The summed E-state index contributed by atoms with van der Waals surface area (Å²) >= 11 is 0. The molecule has 4 rings (SSSR count). The SMILES string of the molecule is Cc1cc(CC(C)(Cc2ccc(C(=O)O)c(C)c2)[C@@H](C(=O)O)N2C(=O)c3ccccc3C2=O)ccc1C(=O)O. The first-order chi connectivity index (χ1) is 18.3. The van der Waals surface area contributed by atoms with E-state index < -0.39 is 41.2 Å². The van der Waals surface area contributed by atoms with E-state index in [0.29, 0.717) is 22.3 Å². The van der Waals surface area contributed by atoms with Crippen LogP contribution in [-0.2, 0) is 17.6 Å². The van der Waals surface area contributed by atoms with E-state index in [1.54, 1.807) is 57.2 Å². The van der Waals surface area contributed by atoms with Crippen LogP contribution in [0.3, 0.4) is 0 Å². The van der Waals surface area contributed by atoms with Crippen LogP contribution < -0.4 is 0 Å². The van der Waals surface area contributed by atoms with Crippen LogP contribution in [0.4, 0.5) is 0 Å². The first kappa shape index (κ1) is 27.3. The van der Waals surface area contributed by atoms with Gasteiger partial charge >= 0.3 is 17.9 Å². The van der Waals surface area contributed by atoms with E-state index in [9.17, 15) is 39.3 Å². The third kappa shape index (κ3) is 5.03. The zero-order chi connectivity index (χ0) is 28.6. The normalized spacial score (nSPS) is 13.8. The molecule has 9 heteroatoms. The number of carbonyl (C=O) groups is 5. The van der Waals surface area contributed by atoms with E-state index in [4.69, 9.17) is 0 Å². The maximum Gasteiger partial charge on any atom is 0.335 e. The first-order valence-electron chi connectivity index (χ1n) is 12.2. The number of aliphatic carboxylic acids is 1. The fraction of sp³-hybridized carbons (Fsp3) is 0.233. The Balaban J connectivity index is 1.83. The second-order valence-corrected chi connectivity index (χ2v) is 10.2. The topological polar surface area (TPSA) is 149 Å². The van der Waals surface area contributed by atoms with E-state index in [2.05, 4.69) is 0 Å². The van der Waals surface area contributed by atoms with E-state index in [-0.39, 0.29) is 35.1 Å². The van der Waals surface area contributed by atoms with Crippen molar-refractivity contribution >= 4 is 29.7 Å². The molecule has 200 valence electrons. The Labute approximate surface area is 224 Å². The highest BCUT2D eigenvalue weighted by Crippen LogP contribution is 2.39. The summed E-state index contributed by atoms with van der Waals surface area (Å²) in [6, 6.07) is 14.0. The summed E-state index contributed by atoms with van der Waals surface area (Å²) in [5, 5.41) is 29.3. The monoisotopic (exact) mass is 529 g/mol. The lowest BCUT2D eigenvalue weighted by atomic mass is 9.71. The Bertz CT molecular complexity index is 1440. The Morgan fingerprint density at radius 2 is 1.15 bits per heavy atom. The number of rotatable bonds is 9. The predicted octanol–water partition coefficient (Wildman–Crippen LogP) is 4.24. The summed E-state index contributed by atoms with van der Waals surface area (Å²) in [7, 11) is 0. The molecule has 0 aromatic heterocycles. The van der Waals surface area contributed by atoms with Crippen molar-refractivity contribution in [1.29, 1.82) is 0 Å². The Kier molecular flexibility index (Phi) is 7.10. The molecule has 1 heterocycles. The van der Waals surface area contributed by atoms with Gasteiger partial charge in [-0.3, -0.25) is 14.5 Å². The highest BCUT2D eigenvalue weighted by molar-refractivity contribution is 6.22. The van der Waals surface area contributed by atoms with Gasteiger partial charge in [0.2, 0.25) is 0 Å². The van der Waals surface area contributed by atoms with Gasteiger partial charge in [0.25, 0.3) is 11.8 Å². The molecule has 0 unspecified atom stereocenters. The van der Waals surface area contributed by atoms with Crippen molar-refractivity contribution in [2.24, 2.45) is 5.41 Å². The van der Waals surface area contributed by atoms with Crippen molar-refractivity contribution < 1.29 is 39.3 Å². The number of imide groups is 1. The van der Waals surface area contributed by atoms with Crippen molar-refractivity contribution in [3.8, 4) is 0 Å². The number of fused-ring (bicyclic) bond motifs is 1. The maximum atomic E-state index is 13.4. The first-order valence-corrected chi connectivity index (χ1v) is 12.2. The highest BCUT2D eigenvalue weighted by Gasteiger charge is 2.51. The number of carboxylic acids is 3. The van der Waals surface area contributed by atoms with E-state index >= 15 is 0 Å². The summed E-state index contributed by atoms with van der Waals surface area (Å²) in [5.74, 6) is -4.96. The van der Waals surface area contributed by atoms with Crippen LogP contribution in [0.5, 0.6) is 0 Å². The fourth-order valence-electron chi connectivity index (χ4n) is 5.50. The molecule has 0 saturated carbocycles. The molecule has 0 aliphatic carbocycles. The molecule has 1 aliphatic rings. The van der Waals surface area contributed by atoms with Crippen molar-refractivity contribution in [2.45, 2.75) is 39.7 Å². The van der Waals surface area contributed by atoms with Crippen LogP contribution in [-0.4, -0.2) is 56.0 Å². The van der Waals surface area contributed by atoms with Crippen LogP contribution in [0.1, 0.15) is 70.6 Å². The molecule has 1 atom stereocenters. The lowest BCUT2D eigenvalue weighted by molar-refractivity contribution is -0.146. The Hall–Kier alpha value is -4.79. The molecule has 0 spiro atoms. The summed E-state index contributed by atoms with van der Waals surface area (Å²) in [4.78, 5) is 63.4. The zero-order valence-corrected chi connectivity index (χ0v) is 21.6. The van der Waals surface area contributed by atoms with E-state index in [1.165, 1.54) is 24.3 Å². The molecule has 0 bridgehead atoms. The smallest absolute Gasteiger partial charge is 0.335 e. The second kappa shape index (κ2) is 10.2. The standard InChI is InChI=1S/C30H27NO8/c1-16-12-18(8-10-20(16)27(34)35)14-30(3,15-19-9-11-21(28(36)37)17(2)13-19)24(29(38)39)31-25(32)22-6-4-5-7-23(22)26(31)33/h4-13,24H,14-15H2,1-3H3,(H,34,35)(H,36,37)(H,38,39)/t24-/m1/s1. The largest absolute Gasteiger partial charge is 0.480 e. The highest BCUT2D eigenvalue weighted by atomic mass is 16.4. The van der Waals surface area contributed by atoms with Crippen LogP contribution in [0.2, 0.25) is 0 Å². The summed E-state index contributed by atoms with van der Waals surface area (Å²) in [6.07, 6.45) is 0.162. The van der Waals surface area contributed by atoms with Crippen molar-refractivity contribution in [1.82, 2.24) is 4.90 Å². The molecule has 0 fully saturated rings. The van der Waals surface area contributed by atoms with Crippen molar-refractivity contribution in [2.75, 3.05) is 0 Å². The third-order valence-corrected chi connectivity index (χ3v) is 7.24. The number of hydrogen-bond acceptors (Lipinski definition) is 5. The van der Waals surface area contributed by atoms with Gasteiger partial charge in [-0.1, -0.05) is 43.3 Å². The van der Waals surface area contributed by atoms with Crippen LogP contribution in [0, 0.1) is 19.3 Å². The number of amides is 2. The Morgan fingerprint density at radius 1 is 0.744 bits per heavy atom. The molecule has 3 aromatic carbocycles. The average molecular weight is 530 g/mol. The number of aromatic carboxylic acids is 2. The molecule has 0 saturated heterocycles. The molecule has 3 aromatic rings. The van der Waals surface area contributed by atoms with Gasteiger partial charge in [-0.05, 0) is 73.2 Å². The van der Waals surface area contributed by atoms with Gasteiger partial charge in [0.15, 0.2) is 0 Å². The summed E-state index contributed by atoms with van der Waals surface area (Å²) in [5.41, 5.74) is 1.41. The number of benzene rings is 3. The van der Waals surface area contributed by atoms with Gasteiger partial charge in [-0.2, -0.15) is 0 Å². The summed E-state index contributed by atoms with van der Waals surface area (Å²) in [6.45, 7) is 4.93. The molecule has 9 nitrogen and oxygen atoms in total. The molecule has 0 radical (unpaired) electrons. The third-order valence-electron chi connectivity index (χ3n) is 7.24. The van der Waals surface area contributed by atoms with E-state index in [1.807, 2.05) is 0 Å². The van der Waals surface area contributed by atoms with Crippen LogP contribution in [0.15, 0.2) is 60.7 Å². The van der Waals surface area contributed by atoms with Gasteiger partial charge in [0.05, 0.1) is 22.3 Å². The number of nitrogens with zero attached hydrogens (tertiary/aromatic N) is 1. The molecule has 39 heavy (non-hydrogen) atoms. The number of carbonyl (C=O) groups excluding carboxylic acids is 2. The van der Waals surface area contributed by atoms with Crippen molar-refractivity contribution in [3.05, 3.63) is 105 Å². The van der Waals surface area contributed by atoms with E-state index in [0.717, 1.165) is 4.90 Å². The van der Waals surface area contributed by atoms with Gasteiger partial charge in [0.1, 0.15) is 6.04 Å². The average Bonchev–Trinajstić information content (AvgIpc) is 3.09.